The summed E-state index contributed by atoms with van der Waals surface area (Å²) < 4.78 is 10.1. The van der Waals surface area contributed by atoms with E-state index < -0.39 is 10.9 Å². The van der Waals surface area contributed by atoms with Crippen molar-refractivity contribution < 1.29 is 19.2 Å². The van der Waals surface area contributed by atoms with Gasteiger partial charge in [0.05, 0.1) is 18.6 Å². The number of carbonyl (C=O) groups excluding carboxylic acids is 1. The molecule has 0 bridgehead atoms. The van der Waals surface area contributed by atoms with Gasteiger partial charge in [-0.05, 0) is 24.8 Å². The van der Waals surface area contributed by atoms with E-state index in [0.717, 1.165) is 12.8 Å². The van der Waals surface area contributed by atoms with E-state index >= 15 is 0 Å². The molecule has 2 rings (SSSR count). The Labute approximate surface area is 104 Å². The van der Waals surface area contributed by atoms with Crippen LogP contribution in [0.4, 0.5) is 5.69 Å². The number of benzene rings is 1. The average molecular weight is 251 g/mol. The second kappa shape index (κ2) is 5.03. The number of nitrogens with zero attached hydrogens (tertiary/aromatic N) is 1. The first-order valence-corrected chi connectivity index (χ1v) is 5.61. The Hall–Kier alpha value is -2.11. The van der Waals surface area contributed by atoms with Crippen LogP contribution in [0.2, 0.25) is 0 Å². The van der Waals surface area contributed by atoms with Gasteiger partial charge in [-0.25, -0.2) is 4.79 Å². The third-order valence-electron chi connectivity index (χ3n) is 2.75. The molecule has 1 aliphatic rings. The van der Waals surface area contributed by atoms with Gasteiger partial charge in [0.25, 0.3) is 5.69 Å². The minimum atomic E-state index is -0.635. The van der Waals surface area contributed by atoms with Gasteiger partial charge in [-0.3, -0.25) is 10.1 Å². The van der Waals surface area contributed by atoms with Gasteiger partial charge >= 0.3 is 5.97 Å². The van der Waals surface area contributed by atoms with Crippen molar-refractivity contribution in [3.8, 4) is 5.75 Å². The number of nitro groups is 1. The van der Waals surface area contributed by atoms with Gasteiger partial charge in [0.2, 0.25) is 0 Å². The van der Waals surface area contributed by atoms with E-state index in [1.807, 2.05) is 0 Å². The lowest BCUT2D eigenvalue weighted by atomic mass is 10.2. The van der Waals surface area contributed by atoms with Gasteiger partial charge in [-0.2, -0.15) is 0 Å². The van der Waals surface area contributed by atoms with Crippen molar-refractivity contribution in [1.82, 2.24) is 0 Å². The number of nitro benzene ring substituents is 1. The molecule has 0 spiro atoms. The molecule has 0 N–H and O–H groups in total. The van der Waals surface area contributed by atoms with Gasteiger partial charge in [-0.15, -0.1) is 0 Å². The zero-order valence-corrected chi connectivity index (χ0v) is 9.92. The molecule has 18 heavy (non-hydrogen) atoms. The van der Waals surface area contributed by atoms with Crippen molar-refractivity contribution in [2.45, 2.75) is 12.8 Å². The van der Waals surface area contributed by atoms with Crippen LogP contribution in [0, 0.1) is 16.0 Å². The molecule has 1 aromatic carbocycles. The number of non-ortho nitro benzene ring substituents is 1. The molecule has 0 unspecified atom stereocenters. The van der Waals surface area contributed by atoms with Crippen molar-refractivity contribution in [1.29, 1.82) is 0 Å². The number of esters is 1. The van der Waals surface area contributed by atoms with Crippen molar-refractivity contribution in [3.05, 3.63) is 33.9 Å². The summed E-state index contributed by atoms with van der Waals surface area (Å²) in [5, 5.41) is 10.7. The van der Waals surface area contributed by atoms with E-state index in [1.54, 1.807) is 0 Å². The Morgan fingerprint density at radius 3 is 2.78 bits per heavy atom. The second-order valence-corrected chi connectivity index (χ2v) is 4.18. The van der Waals surface area contributed by atoms with Gasteiger partial charge in [0.15, 0.2) is 0 Å². The Balaban J connectivity index is 2.24. The zero-order chi connectivity index (χ0) is 13.1. The van der Waals surface area contributed by atoms with E-state index in [-0.39, 0.29) is 11.3 Å². The lowest BCUT2D eigenvalue weighted by molar-refractivity contribution is -0.384. The smallest absolute Gasteiger partial charge is 0.341 e. The molecule has 0 saturated heterocycles. The van der Waals surface area contributed by atoms with Crippen LogP contribution in [0.5, 0.6) is 5.75 Å². The Morgan fingerprint density at radius 2 is 2.22 bits per heavy atom. The maximum absolute atomic E-state index is 11.5. The fraction of sp³-hybridized carbons (Fsp3) is 0.417. The molecule has 0 heterocycles. The number of hydrogen-bond donors (Lipinski definition) is 0. The second-order valence-electron chi connectivity index (χ2n) is 4.18. The van der Waals surface area contributed by atoms with E-state index in [9.17, 15) is 14.9 Å². The van der Waals surface area contributed by atoms with E-state index in [4.69, 9.17) is 4.74 Å². The van der Waals surface area contributed by atoms with E-state index in [0.29, 0.717) is 18.3 Å². The average Bonchev–Trinajstić information content (AvgIpc) is 3.19. The van der Waals surface area contributed by atoms with Gasteiger partial charge in [-0.1, -0.05) is 0 Å². The summed E-state index contributed by atoms with van der Waals surface area (Å²) in [6, 6.07) is 3.93. The third kappa shape index (κ3) is 2.77. The van der Waals surface area contributed by atoms with E-state index in [2.05, 4.69) is 4.74 Å². The molecule has 1 fully saturated rings. The number of rotatable bonds is 5. The summed E-state index contributed by atoms with van der Waals surface area (Å²) >= 11 is 0. The first-order valence-electron chi connectivity index (χ1n) is 5.61. The molecule has 1 aromatic rings. The molecule has 0 atom stereocenters. The van der Waals surface area contributed by atoms with Crippen LogP contribution in [-0.4, -0.2) is 24.6 Å². The zero-order valence-electron chi connectivity index (χ0n) is 9.92. The fourth-order valence-corrected chi connectivity index (χ4v) is 1.52. The molecule has 0 radical (unpaired) electrons. The normalized spacial score (nSPS) is 14.1. The van der Waals surface area contributed by atoms with E-state index in [1.165, 1.54) is 25.3 Å². The summed E-state index contributed by atoms with van der Waals surface area (Å²) in [4.78, 5) is 21.7. The number of hydrogen-bond acceptors (Lipinski definition) is 5. The molecule has 0 aliphatic heterocycles. The van der Waals surface area contributed by atoms with Crippen LogP contribution in [0.15, 0.2) is 18.2 Å². The Morgan fingerprint density at radius 1 is 1.50 bits per heavy atom. The summed E-state index contributed by atoms with van der Waals surface area (Å²) in [5.41, 5.74) is -0.0680. The quantitative estimate of drug-likeness (QED) is 0.455. The first kappa shape index (κ1) is 12.3. The lowest BCUT2D eigenvalue weighted by Crippen LogP contribution is -2.08. The van der Waals surface area contributed by atoms with Crippen LogP contribution in [0.1, 0.15) is 23.2 Å². The molecule has 1 aliphatic carbocycles. The highest BCUT2D eigenvalue weighted by Gasteiger charge is 2.24. The summed E-state index contributed by atoms with van der Waals surface area (Å²) in [5.74, 6) is 0.231. The predicted molar refractivity (Wildman–Crippen MR) is 62.7 cm³/mol. The monoisotopic (exact) mass is 251 g/mol. The molecule has 96 valence electrons. The minimum absolute atomic E-state index is 0.0901. The molecular weight excluding hydrogens is 238 g/mol. The minimum Gasteiger partial charge on any atom is -0.492 e. The van der Waals surface area contributed by atoms with Crippen LogP contribution < -0.4 is 4.74 Å². The maximum Gasteiger partial charge on any atom is 0.341 e. The Kier molecular flexibility index (Phi) is 3.45. The third-order valence-corrected chi connectivity index (χ3v) is 2.75. The number of carbonyl (C=O) groups is 1. The van der Waals surface area contributed by atoms with Crippen molar-refractivity contribution in [2.24, 2.45) is 5.92 Å². The highest BCUT2D eigenvalue weighted by atomic mass is 16.6. The van der Waals surface area contributed by atoms with Crippen LogP contribution in [0.3, 0.4) is 0 Å². The van der Waals surface area contributed by atoms with Crippen LogP contribution >= 0.6 is 0 Å². The highest BCUT2D eigenvalue weighted by molar-refractivity contribution is 5.93. The number of ether oxygens (including phenoxy) is 2. The molecule has 6 nitrogen and oxygen atoms in total. The first-order chi connectivity index (χ1) is 8.61. The van der Waals surface area contributed by atoms with Crippen molar-refractivity contribution >= 4 is 11.7 Å². The molecule has 1 saturated carbocycles. The molecule has 6 heteroatoms. The molecular formula is C12H13NO5. The van der Waals surface area contributed by atoms with Crippen LogP contribution in [-0.2, 0) is 4.74 Å². The number of methoxy groups -OCH3 is 1. The topological polar surface area (TPSA) is 78.7 Å². The summed E-state index contributed by atoms with van der Waals surface area (Å²) in [6.45, 7) is 0.530. The SMILES string of the molecule is COC(=O)c1cc([N+](=O)[O-])ccc1OCC1CC1. The summed E-state index contributed by atoms with van der Waals surface area (Å²) in [6.07, 6.45) is 2.25. The predicted octanol–water partition coefficient (Wildman–Crippen LogP) is 2.17. The largest absolute Gasteiger partial charge is 0.492 e. The van der Waals surface area contributed by atoms with Gasteiger partial charge in [0, 0.05) is 12.1 Å². The maximum atomic E-state index is 11.5. The van der Waals surface area contributed by atoms with Crippen LogP contribution in [0.25, 0.3) is 0 Å². The molecule has 0 aromatic heterocycles. The van der Waals surface area contributed by atoms with Crippen molar-refractivity contribution in [2.75, 3.05) is 13.7 Å². The lowest BCUT2D eigenvalue weighted by Gasteiger charge is -2.09. The van der Waals surface area contributed by atoms with Crippen molar-refractivity contribution in [3.63, 3.8) is 0 Å². The summed E-state index contributed by atoms with van der Waals surface area (Å²) in [7, 11) is 1.23. The fourth-order valence-electron chi connectivity index (χ4n) is 1.52. The standard InChI is InChI=1S/C12H13NO5/c1-17-12(14)10-6-9(13(15)16)4-5-11(10)18-7-8-2-3-8/h4-6,8H,2-3,7H2,1H3. The highest BCUT2D eigenvalue weighted by Crippen LogP contribution is 2.31. The van der Waals surface area contributed by atoms with Gasteiger partial charge in [0.1, 0.15) is 11.3 Å². The molecule has 0 amide bonds. The van der Waals surface area contributed by atoms with Gasteiger partial charge < -0.3 is 9.47 Å². The Bertz CT molecular complexity index is 481.